The number of ether oxygens (including phenoxy) is 3. The van der Waals surface area contributed by atoms with Crippen molar-refractivity contribution in [2.75, 3.05) is 26.6 Å². The summed E-state index contributed by atoms with van der Waals surface area (Å²) >= 11 is 3.55. The van der Waals surface area contributed by atoms with E-state index in [1.807, 2.05) is 19.9 Å². The number of benzene rings is 2. The second-order valence-electron chi connectivity index (χ2n) is 10.6. The Labute approximate surface area is 245 Å². The lowest BCUT2D eigenvalue weighted by molar-refractivity contribution is -0.118. The van der Waals surface area contributed by atoms with Gasteiger partial charge in [0.2, 0.25) is 0 Å². The molecule has 1 atom stereocenters. The van der Waals surface area contributed by atoms with E-state index in [9.17, 15) is 14.4 Å². The van der Waals surface area contributed by atoms with Gasteiger partial charge in [0.1, 0.15) is 23.2 Å². The largest absolute Gasteiger partial charge is 0.497 e. The van der Waals surface area contributed by atoms with Crippen LogP contribution in [0.5, 0.6) is 17.2 Å². The van der Waals surface area contributed by atoms with Crippen LogP contribution < -0.4 is 30.4 Å². The van der Waals surface area contributed by atoms with Crippen LogP contribution in [-0.4, -0.2) is 48.7 Å². The lowest BCUT2D eigenvalue weighted by atomic mass is 9.73. The van der Waals surface area contributed by atoms with Gasteiger partial charge < -0.3 is 19.5 Å². The van der Waals surface area contributed by atoms with E-state index < -0.39 is 17.9 Å². The Morgan fingerprint density at radius 1 is 1.02 bits per heavy atom. The lowest BCUT2D eigenvalue weighted by Crippen LogP contribution is -2.42. The number of halogens is 1. The predicted molar refractivity (Wildman–Crippen MR) is 154 cm³/mol. The molecule has 1 aliphatic carbocycles. The molecule has 1 aromatic heterocycles. The zero-order chi connectivity index (χ0) is 29.5. The van der Waals surface area contributed by atoms with Crippen LogP contribution in [0.2, 0.25) is 0 Å². The molecule has 1 unspecified atom stereocenters. The number of ketones is 1. The number of anilines is 1. The number of aromatic nitrogens is 2. The topological polar surface area (TPSA) is 133 Å². The molecule has 2 aliphatic rings. The highest BCUT2D eigenvalue weighted by atomic mass is 79.9. The lowest BCUT2D eigenvalue weighted by Gasteiger charge is -2.39. The second-order valence-corrected chi connectivity index (χ2v) is 11.4. The first-order valence-electron chi connectivity index (χ1n) is 12.8. The van der Waals surface area contributed by atoms with E-state index in [4.69, 9.17) is 14.2 Å². The van der Waals surface area contributed by atoms with Gasteiger partial charge in [0.15, 0.2) is 17.3 Å². The van der Waals surface area contributed by atoms with Crippen LogP contribution in [0.15, 0.2) is 58.3 Å². The molecular formula is C29H30BrN5O6. The average Bonchev–Trinajstić information content (AvgIpc) is 3.37. The zero-order valence-corrected chi connectivity index (χ0v) is 24.8. The molecule has 2 amide bonds. The Balaban J connectivity index is 1.51. The summed E-state index contributed by atoms with van der Waals surface area (Å²) in [5.41, 5.74) is 7.21. The fraction of sp³-hybridized carbons (Fsp3) is 0.310. The molecule has 1 aliphatic heterocycles. The van der Waals surface area contributed by atoms with Gasteiger partial charge in [-0.25, -0.2) is 4.68 Å². The molecule has 3 aromatic rings. The highest BCUT2D eigenvalue weighted by Gasteiger charge is 2.42. The number of nitrogens with zero attached hydrogens (tertiary/aromatic N) is 2. The second kappa shape index (κ2) is 10.9. The van der Waals surface area contributed by atoms with Crippen molar-refractivity contribution in [3.63, 3.8) is 0 Å². The summed E-state index contributed by atoms with van der Waals surface area (Å²) in [7, 11) is 4.62. The summed E-state index contributed by atoms with van der Waals surface area (Å²) in [5, 5.41) is 7.84. The number of carbonyl (C=O) groups is 3. The van der Waals surface area contributed by atoms with Gasteiger partial charge in [0.25, 0.3) is 11.8 Å². The first-order valence-corrected chi connectivity index (χ1v) is 13.6. The maximum Gasteiger partial charge on any atom is 0.275 e. The van der Waals surface area contributed by atoms with E-state index in [0.29, 0.717) is 51.5 Å². The number of fused-ring (bicyclic) bond motifs is 1. The van der Waals surface area contributed by atoms with Gasteiger partial charge in [0, 0.05) is 23.3 Å². The molecule has 12 heteroatoms. The van der Waals surface area contributed by atoms with Crippen LogP contribution in [0, 0.1) is 5.41 Å². The standard InChI is InChI=1S/C29H30BrN5O6/c1-29(2)12-20-23(21(36)13-29)24(16-10-19(30)25(41-5)22(11-16)40-4)35-26(32-20)18(14-31-35)28(38)34-33-27(37)15-6-8-17(39-3)9-7-15/h6-11,14,24,32H,12-13H2,1-5H3,(H,33,37)(H,34,38). The summed E-state index contributed by atoms with van der Waals surface area (Å²) < 4.78 is 18.4. The minimum atomic E-state index is -0.628. The number of nitrogens with one attached hydrogen (secondary N) is 3. The van der Waals surface area contributed by atoms with E-state index in [0.717, 1.165) is 11.3 Å². The SMILES string of the molecule is COc1ccc(C(=O)NNC(=O)c2cnn3c2NC2=C(C(=O)CC(C)(C)C2)C3c2cc(Br)c(OC)c(OC)c2)cc1. The third-order valence-corrected chi connectivity index (χ3v) is 7.75. The third-order valence-electron chi connectivity index (χ3n) is 7.16. The van der Waals surface area contributed by atoms with Crippen molar-refractivity contribution < 1.29 is 28.6 Å². The fourth-order valence-corrected chi connectivity index (χ4v) is 5.90. The maximum atomic E-state index is 13.6. The highest BCUT2D eigenvalue weighted by molar-refractivity contribution is 9.10. The van der Waals surface area contributed by atoms with Gasteiger partial charge in [-0.1, -0.05) is 13.8 Å². The zero-order valence-electron chi connectivity index (χ0n) is 23.3. The molecule has 0 spiro atoms. The van der Waals surface area contributed by atoms with E-state index in [-0.39, 0.29) is 16.8 Å². The molecular weight excluding hydrogens is 594 g/mol. The molecule has 2 aromatic carbocycles. The smallest absolute Gasteiger partial charge is 0.275 e. The van der Waals surface area contributed by atoms with Gasteiger partial charge in [-0.15, -0.1) is 0 Å². The normalized spacial score (nSPS) is 17.1. The van der Waals surface area contributed by atoms with Gasteiger partial charge in [0.05, 0.1) is 32.0 Å². The predicted octanol–water partition coefficient (Wildman–Crippen LogP) is 4.40. The Morgan fingerprint density at radius 2 is 1.73 bits per heavy atom. The van der Waals surface area contributed by atoms with Crippen molar-refractivity contribution in [1.29, 1.82) is 0 Å². The molecule has 41 heavy (non-hydrogen) atoms. The highest BCUT2D eigenvalue weighted by Crippen LogP contribution is 2.48. The van der Waals surface area contributed by atoms with Gasteiger partial charge in [-0.3, -0.25) is 25.2 Å². The van der Waals surface area contributed by atoms with Crippen molar-refractivity contribution in [3.05, 3.63) is 75.0 Å². The summed E-state index contributed by atoms with van der Waals surface area (Å²) in [5.74, 6) is 0.945. The molecule has 5 rings (SSSR count). The Morgan fingerprint density at radius 3 is 2.39 bits per heavy atom. The summed E-state index contributed by atoms with van der Waals surface area (Å²) in [6.07, 6.45) is 2.38. The van der Waals surface area contributed by atoms with Crippen molar-refractivity contribution in [2.24, 2.45) is 5.41 Å². The number of Topliss-reactive ketones (excluding diaryl/α,β-unsaturated/α-hetero) is 1. The molecule has 0 saturated heterocycles. The third kappa shape index (κ3) is 5.26. The Hall–Kier alpha value is -4.32. The molecule has 0 radical (unpaired) electrons. The van der Waals surface area contributed by atoms with E-state index >= 15 is 0 Å². The molecule has 0 bridgehead atoms. The molecule has 2 heterocycles. The number of methoxy groups -OCH3 is 3. The van der Waals surface area contributed by atoms with Crippen molar-refractivity contribution in [3.8, 4) is 17.2 Å². The monoisotopic (exact) mass is 623 g/mol. The van der Waals surface area contributed by atoms with E-state index in [1.165, 1.54) is 20.4 Å². The van der Waals surface area contributed by atoms with Crippen molar-refractivity contribution >= 4 is 39.3 Å². The van der Waals surface area contributed by atoms with Crippen LogP contribution in [-0.2, 0) is 4.79 Å². The number of hydrogen-bond donors (Lipinski definition) is 3. The van der Waals surface area contributed by atoms with Crippen LogP contribution in [0.3, 0.4) is 0 Å². The fourth-order valence-electron chi connectivity index (χ4n) is 5.28. The van der Waals surface area contributed by atoms with Crippen LogP contribution >= 0.6 is 15.9 Å². The molecule has 11 nitrogen and oxygen atoms in total. The minimum Gasteiger partial charge on any atom is -0.497 e. The molecule has 3 N–H and O–H groups in total. The average molecular weight is 624 g/mol. The maximum absolute atomic E-state index is 13.6. The van der Waals surface area contributed by atoms with E-state index in [1.54, 1.807) is 42.1 Å². The van der Waals surface area contributed by atoms with Gasteiger partial charge in [-0.2, -0.15) is 5.10 Å². The molecule has 0 saturated carbocycles. The quantitative estimate of drug-likeness (QED) is 0.344. The summed E-state index contributed by atoms with van der Waals surface area (Å²) in [4.78, 5) is 39.4. The first-order chi connectivity index (χ1) is 19.6. The number of allylic oxidation sites excluding steroid dienone is 2. The summed E-state index contributed by atoms with van der Waals surface area (Å²) in [6.45, 7) is 4.07. The number of amides is 2. The first kappa shape index (κ1) is 28.2. The van der Waals surface area contributed by atoms with Crippen LogP contribution in [0.1, 0.15) is 59.0 Å². The van der Waals surface area contributed by atoms with Gasteiger partial charge in [-0.05, 0) is 69.7 Å². The Bertz CT molecular complexity index is 1580. The molecule has 0 fully saturated rings. The van der Waals surface area contributed by atoms with Crippen LogP contribution in [0.25, 0.3) is 0 Å². The minimum absolute atomic E-state index is 0.00133. The number of hydrogen-bond acceptors (Lipinski definition) is 8. The summed E-state index contributed by atoms with van der Waals surface area (Å²) in [6, 6.07) is 9.51. The van der Waals surface area contributed by atoms with Crippen molar-refractivity contribution in [2.45, 2.75) is 32.7 Å². The Kier molecular flexibility index (Phi) is 7.52. The van der Waals surface area contributed by atoms with E-state index in [2.05, 4.69) is 37.2 Å². The van der Waals surface area contributed by atoms with Crippen LogP contribution in [0.4, 0.5) is 5.82 Å². The molecule has 214 valence electrons. The van der Waals surface area contributed by atoms with Crippen molar-refractivity contribution in [1.82, 2.24) is 20.6 Å². The van der Waals surface area contributed by atoms with Gasteiger partial charge >= 0.3 is 0 Å². The number of hydrazine groups is 1. The number of rotatable bonds is 6. The number of carbonyl (C=O) groups excluding carboxylic acids is 3.